The van der Waals surface area contributed by atoms with Crippen LogP contribution in [0.1, 0.15) is 16.1 Å². The molecule has 1 amide bonds. The summed E-state index contributed by atoms with van der Waals surface area (Å²) in [5, 5.41) is 9.93. The number of halogens is 1. The molecule has 1 aliphatic heterocycles. The third-order valence-corrected chi connectivity index (χ3v) is 4.21. The minimum absolute atomic E-state index is 0.162. The highest BCUT2D eigenvalue weighted by Crippen LogP contribution is 2.26. The molecule has 0 unspecified atom stereocenters. The second kappa shape index (κ2) is 6.21. The molecular weight excluding hydrogens is 329 g/mol. The van der Waals surface area contributed by atoms with Gasteiger partial charge in [0.2, 0.25) is 0 Å². The van der Waals surface area contributed by atoms with E-state index in [2.05, 4.69) is 15.5 Å². The molecule has 3 aromatic rings. The topological polar surface area (TPSA) is 89.4 Å². The van der Waals surface area contributed by atoms with Gasteiger partial charge >= 0.3 is 0 Å². The molecule has 1 fully saturated rings. The highest BCUT2D eigenvalue weighted by atomic mass is 19.1. The minimum Gasteiger partial charge on any atom is -0.482 e. The molecule has 8 heteroatoms. The Morgan fingerprint density at radius 2 is 2.32 bits per heavy atom. The van der Waals surface area contributed by atoms with E-state index < -0.39 is 0 Å². The average molecular weight is 345 g/mol. The number of fused-ring (bicyclic) bond motifs is 1. The molecule has 0 aliphatic carbocycles. The number of aryl methyl sites for hydroxylation is 1. The summed E-state index contributed by atoms with van der Waals surface area (Å²) in [5.41, 5.74) is 1.07. The smallest absolute Gasteiger partial charge is 0.287 e. The van der Waals surface area contributed by atoms with Crippen molar-refractivity contribution in [1.82, 2.24) is 15.5 Å². The first-order valence-electron chi connectivity index (χ1n) is 7.84. The lowest BCUT2D eigenvalue weighted by molar-refractivity contribution is 0.0877. The summed E-state index contributed by atoms with van der Waals surface area (Å²) in [6.07, 6.45) is 2.84. The molecule has 3 heterocycles. The lowest BCUT2D eigenvalue weighted by atomic mass is 10.1. The molecule has 4 rings (SSSR count). The van der Waals surface area contributed by atoms with E-state index in [1.54, 1.807) is 19.3 Å². The molecule has 0 spiro atoms. The Kier molecular flexibility index (Phi) is 3.89. The molecule has 2 aromatic heterocycles. The highest BCUT2D eigenvalue weighted by molar-refractivity contribution is 5.99. The number of furan rings is 1. The van der Waals surface area contributed by atoms with Crippen LogP contribution < -0.4 is 10.1 Å². The van der Waals surface area contributed by atoms with Crippen molar-refractivity contribution in [3.05, 3.63) is 47.7 Å². The lowest BCUT2D eigenvalue weighted by Gasteiger charge is -2.19. The molecule has 0 bridgehead atoms. The molecule has 0 saturated carbocycles. The minimum atomic E-state index is -0.384. The molecule has 1 saturated heterocycles. The van der Waals surface area contributed by atoms with E-state index in [1.807, 2.05) is 0 Å². The Bertz CT molecular complexity index is 906. The fourth-order valence-corrected chi connectivity index (χ4v) is 2.91. The van der Waals surface area contributed by atoms with Gasteiger partial charge in [0, 0.05) is 10.9 Å². The summed E-state index contributed by atoms with van der Waals surface area (Å²) in [5.74, 6) is -0.0220. The van der Waals surface area contributed by atoms with Crippen molar-refractivity contribution in [3.8, 4) is 5.75 Å². The lowest BCUT2D eigenvalue weighted by Crippen LogP contribution is -2.45. The molecule has 130 valence electrons. The van der Waals surface area contributed by atoms with E-state index >= 15 is 0 Å². The number of nitrogens with zero attached hydrogens (tertiary/aromatic N) is 1. The van der Waals surface area contributed by atoms with E-state index in [9.17, 15) is 9.18 Å². The summed E-state index contributed by atoms with van der Waals surface area (Å²) in [6, 6.07) is 3.84. The van der Waals surface area contributed by atoms with Crippen LogP contribution >= 0.6 is 0 Å². The van der Waals surface area contributed by atoms with E-state index in [0.29, 0.717) is 35.5 Å². The zero-order chi connectivity index (χ0) is 17.4. The van der Waals surface area contributed by atoms with Gasteiger partial charge in [0.05, 0.1) is 31.6 Å². The van der Waals surface area contributed by atoms with Crippen LogP contribution in [0.3, 0.4) is 0 Å². The highest BCUT2D eigenvalue weighted by Gasteiger charge is 2.33. The third-order valence-electron chi connectivity index (χ3n) is 4.21. The molecule has 0 radical (unpaired) electrons. The van der Waals surface area contributed by atoms with Crippen LogP contribution in [-0.2, 0) is 4.74 Å². The van der Waals surface area contributed by atoms with Gasteiger partial charge in [0.25, 0.3) is 5.91 Å². The van der Waals surface area contributed by atoms with Crippen molar-refractivity contribution in [2.75, 3.05) is 13.2 Å². The number of hydrogen-bond acceptors (Lipinski definition) is 5. The second-order valence-corrected chi connectivity index (χ2v) is 5.90. The zero-order valence-electron chi connectivity index (χ0n) is 13.4. The molecular formula is C17H16FN3O4. The standard InChI is InChI=1S/C17H16FN3O4/c1-9-12-4-10(18)2-3-14(12)25-16(9)17(22)21-13-7-23-8-15(13)24-11-5-19-20-6-11/h2-6,13,15H,7-8H2,1H3,(H,19,20)(H,21,22)/t13-,15+/m0/s1. The van der Waals surface area contributed by atoms with Crippen LogP contribution in [-0.4, -0.2) is 41.5 Å². The maximum Gasteiger partial charge on any atom is 0.287 e. The molecule has 1 aromatic carbocycles. The van der Waals surface area contributed by atoms with E-state index in [4.69, 9.17) is 13.9 Å². The molecule has 2 N–H and O–H groups in total. The summed E-state index contributed by atoms with van der Waals surface area (Å²) < 4.78 is 30.2. The van der Waals surface area contributed by atoms with Gasteiger partial charge in [-0.05, 0) is 25.1 Å². The number of aromatic amines is 1. The quantitative estimate of drug-likeness (QED) is 0.756. The van der Waals surface area contributed by atoms with Crippen LogP contribution in [0, 0.1) is 12.7 Å². The maximum atomic E-state index is 13.4. The Morgan fingerprint density at radius 3 is 3.12 bits per heavy atom. The number of H-pyrrole nitrogens is 1. The normalized spacial score (nSPS) is 20.1. The number of carbonyl (C=O) groups is 1. The molecule has 25 heavy (non-hydrogen) atoms. The molecule has 1 aliphatic rings. The fraction of sp³-hybridized carbons (Fsp3) is 0.294. The maximum absolute atomic E-state index is 13.4. The largest absolute Gasteiger partial charge is 0.482 e. The Morgan fingerprint density at radius 1 is 1.44 bits per heavy atom. The van der Waals surface area contributed by atoms with Crippen molar-refractivity contribution in [2.24, 2.45) is 0 Å². The Hall–Kier alpha value is -2.87. The first-order chi connectivity index (χ1) is 12.1. The summed E-state index contributed by atoms with van der Waals surface area (Å²) in [4.78, 5) is 12.6. The van der Waals surface area contributed by atoms with Gasteiger partial charge in [-0.2, -0.15) is 5.10 Å². The number of carbonyl (C=O) groups excluding carboxylic acids is 1. The number of aromatic nitrogens is 2. The first-order valence-corrected chi connectivity index (χ1v) is 7.84. The number of nitrogens with one attached hydrogen (secondary N) is 2. The van der Waals surface area contributed by atoms with Gasteiger partial charge in [0.1, 0.15) is 17.5 Å². The van der Waals surface area contributed by atoms with Gasteiger partial charge in [-0.15, -0.1) is 0 Å². The van der Waals surface area contributed by atoms with Crippen molar-refractivity contribution in [1.29, 1.82) is 0 Å². The number of hydrogen-bond donors (Lipinski definition) is 2. The fourth-order valence-electron chi connectivity index (χ4n) is 2.91. The second-order valence-electron chi connectivity index (χ2n) is 5.90. The van der Waals surface area contributed by atoms with Crippen molar-refractivity contribution >= 4 is 16.9 Å². The Labute approximate surface area is 142 Å². The van der Waals surface area contributed by atoms with Gasteiger partial charge in [-0.3, -0.25) is 9.89 Å². The van der Waals surface area contributed by atoms with Crippen LogP contribution in [0.5, 0.6) is 5.75 Å². The van der Waals surface area contributed by atoms with Gasteiger partial charge in [-0.25, -0.2) is 4.39 Å². The third kappa shape index (κ3) is 2.96. The average Bonchev–Trinajstić information content (AvgIpc) is 3.31. The summed E-state index contributed by atoms with van der Waals surface area (Å²) >= 11 is 0. The van der Waals surface area contributed by atoms with Gasteiger partial charge < -0.3 is 19.2 Å². The monoisotopic (exact) mass is 345 g/mol. The van der Waals surface area contributed by atoms with E-state index in [1.165, 1.54) is 18.2 Å². The Balaban J connectivity index is 1.52. The molecule has 2 atom stereocenters. The summed E-state index contributed by atoms with van der Waals surface area (Å²) in [6.45, 7) is 2.42. The number of amides is 1. The number of rotatable bonds is 4. The van der Waals surface area contributed by atoms with Crippen molar-refractivity contribution in [3.63, 3.8) is 0 Å². The molecule has 7 nitrogen and oxygen atoms in total. The van der Waals surface area contributed by atoms with Crippen LogP contribution in [0.4, 0.5) is 4.39 Å². The summed E-state index contributed by atoms with van der Waals surface area (Å²) in [7, 11) is 0. The van der Waals surface area contributed by atoms with Crippen LogP contribution in [0.25, 0.3) is 11.0 Å². The van der Waals surface area contributed by atoms with Crippen molar-refractivity contribution in [2.45, 2.75) is 19.1 Å². The van der Waals surface area contributed by atoms with Crippen LogP contribution in [0.2, 0.25) is 0 Å². The number of benzene rings is 1. The predicted octanol–water partition coefficient (Wildman–Crippen LogP) is 2.18. The van der Waals surface area contributed by atoms with Crippen LogP contribution in [0.15, 0.2) is 35.0 Å². The van der Waals surface area contributed by atoms with E-state index in [0.717, 1.165) is 0 Å². The van der Waals surface area contributed by atoms with E-state index in [-0.39, 0.29) is 29.6 Å². The zero-order valence-corrected chi connectivity index (χ0v) is 13.4. The first kappa shape index (κ1) is 15.6. The number of ether oxygens (including phenoxy) is 2. The van der Waals surface area contributed by atoms with Gasteiger partial charge in [-0.1, -0.05) is 0 Å². The predicted molar refractivity (Wildman–Crippen MR) is 86.0 cm³/mol. The van der Waals surface area contributed by atoms with Crippen molar-refractivity contribution < 1.29 is 23.1 Å². The van der Waals surface area contributed by atoms with Gasteiger partial charge in [0.15, 0.2) is 11.5 Å². The SMILES string of the molecule is Cc1c(C(=O)N[C@H]2COC[C@H]2Oc2cn[nH]c2)oc2ccc(F)cc12.